The second kappa shape index (κ2) is 8.11. The first-order valence-corrected chi connectivity index (χ1v) is 7.92. The second-order valence-electron chi connectivity index (χ2n) is 5.97. The average Bonchev–Trinajstić information content (AvgIpc) is 2.61. The molecule has 2 rings (SSSR count). The van der Waals surface area contributed by atoms with Crippen molar-refractivity contribution in [2.75, 3.05) is 33.1 Å². The second-order valence-corrected chi connectivity index (χ2v) is 5.97. The van der Waals surface area contributed by atoms with E-state index in [2.05, 4.69) is 5.32 Å². The minimum absolute atomic E-state index is 0.115. The van der Waals surface area contributed by atoms with Crippen LogP contribution in [0.4, 0.5) is 18.9 Å². The van der Waals surface area contributed by atoms with E-state index in [1.54, 1.807) is 13.2 Å². The molecule has 0 aliphatic rings. The summed E-state index contributed by atoms with van der Waals surface area (Å²) in [5.41, 5.74) is -0.101. The lowest BCUT2D eigenvalue weighted by Gasteiger charge is -2.27. The van der Waals surface area contributed by atoms with Gasteiger partial charge < -0.3 is 15.0 Å². The molecule has 0 spiro atoms. The van der Waals surface area contributed by atoms with E-state index in [0.717, 1.165) is 11.6 Å². The maximum absolute atomic E-state index is 13.1. The molecule has 0 amide bonds. The van der Waals surface area contributed by atoms with E-state index in [0.29, 0.717) is 18.0 Å². The third-order valence-electron chi connectivity index (χ3n) is 4.07. The number of nitriles is 1. The normalized spacial score (nSPS) is 12.5. The molecule has 4 nitrogen and oxygen atoms in total. The number of alkyl halides is 3. The summed E-state index contributed by atoms with van der Waals surface area (Å²) in [6, 6.07) is 12.6. The molecule has 0 bridgehead atoms. The maximum Gasteiger partial charge on any atom is 0.417 e. The number of rotatable bonds is 6. The highest BCUT2D eigenvalue weighted by Gasteiger charge is 2.33. The van der Waals surface area contributed by atoms with Crippen LogP contribution in [0.3, 0.4) is 0 Å². The molecule has 26 heavy (non-hydrogen) atoms. The van der Waals surface area contributed by atoms with Crippen LogP contribution in [-0.2, 0) is 6.18 Å². The Balaban J connectivity index is 2.26. The molecule has 0 aromatic heterocycles. The van der Waals surface area contributed by atoms with Gasteiger partial charge in [-0.1, -0.05) is 18.2 Å². The van der Waals surface area contributed by atoms with Gasteiger partial charge in [-0.3, -0.25) is 0 Å². The summed E-state index contributed by atoms with van der Waals surface area (Å²) >= 11 is 0. The molecule has 0 saturated heterocycles. The summed E-state index contributed by atoms with van der Waals surface area (Å²) < 4.78 is 44.7. The van der Waals surface area contributed by atoms with Crippen LogP contribution in [0.5, 0.6) is 5.75 Å². The van der Waals surface area contributed by atoms with Crippen LogP contribution in [0.15, 0.2) is 42.5 Å². The van der Waals surface area contributed by atoms with Gasteiger partial charge in [-0.05, 0) is 38.4 Å². The largest absolute Gasteiger partial charge is 0.496 e. The van der Waals surface area contributed by atoms with Crippen LogP contribution in [0.25, 0.3) is 0 Å². The van der Waals surface area contributed by atoms with Crippen LogP contribution in [0, 0.1) is 11.3 Å². The molecule has 0 saturated carbocycles. The van der Waals surface area contributed by atoms with Crippen molar-refractivity contribution in [2.24, 2.45) is 0 Å². The Morgan fingerprint density at radius 1 is 1.19 bits per heavy atom. The number of hydrogen-bond acceptors (Lipinski definition) is 4. The van der Waals surface area contributed by atoms with Crippen molar-refractivity contribution in [1.82, 2.24) is 4.90 Å². The van der Waals surface area contributed by atoms with Crippen molar-refractivity contribution in [3.8, 4) is 11.8 Å². The minimum Gasteiger partial charge on any atom is -0.496 e. The number of hydrogen-bond donors (Lipinski definition) is 1. The van der Waals surface area contributed by atoms with Crippen molar-refractivity contribution in [3.63, 3.8) is 0 Å². The molecule has 1 atom stereocenters. The number of anilines is 1. The zero-order valence-corrected chi connectivity index (χ0v) is 14.8. The average molecular weight is 363 g/mol. The maximum atomic E-state index is 13.1. The molecule has 0 aliphatic heterocycles. The van der Waals surface area contributed by atoms with Gasteiger partial charge in [-0.2, -0.15) is 18.4 Å². The smallest absolute Gasteiger partial charge is 0.417 e. The Morgan fingerprint density at radius 3 is 2.46 bits per heavy atom. The number of nitrogens with one attached hydrogen (secondary N) is 1. The number of halogens is 3. The third-order valence-corrected chi connectivity index (χ3v) is 4.07. The van der Waals surface area contributed by atoms with Crippen LogP contribution >= 0.6 is 0 Å². The van der Waals surface area contributed by atoms with Crippen molar-refractivity contribution >= 4 is 5.69 Å². The zero-order valence-electron chi connectivity index (χ0n) is 14.8. The highest BCUT2D eigenvalue weighted by atomic mass is 19.4. The number of methoxy groups -OCH3 is 1. The van der Waals surface area contributed by atoms with Crippen molar-refractivity contribution in [2.45, 2.75) is 12.2 Å². The van der Waals surface area contributed by atoms with Crippen molar-refractivity contribution in [1.29, 1.82) is 5.26 Å². The van der Waals surface area contributed by atoms with E-state index >= 15 is 0 Å². The highest BCUT2D eigenvalue weighted by molar-refractivity contribution is 5.53. The predicted molar refractivity (Wildman–Crippen MR) is 94.1 cm³/mol. The first-order valence-electron chi connectivity index (χ1n) is 7.92. The topological polar surface area (TPSA) is 48.3 Å². The number of para-hydroxylation sites is 1. The van der Waals surface area contributed by atoms with Gasteiger partial charge in [0, 0.05) is 17.8 Å². The first-order chi connectivity index (χ1) is 12.3. The number of ether oxygens (including phenoxy) is 1. The number of nitrogens with zero attached hydrogens (tertiary/aromatic N) is 2. The van der Waals surface area contributed by atoms with Gasteiger partial charge in [-0.15, -0.1) is 0 Å². The molecule has 1 unspecified atom stereocenters. The predicted octanol–water partition coefficient (Wildman–Crippen LogP) is 4.30. The van der Waals surface area contributed by atoms with Crippen molar-refractivity contribution < 1.29 is 17.9 Å². The molecule has 138 valence electrons. The lowest BCUT2D eigenvalue weighted by molar-refractivity contribution is -0.137. The molecule has 0 heterocycles. The lowest BCUT2D eigenvalue weighted by atomic mass is 10.0. The van der Waals surface area contributed by atoms with Crippen LogP contribution in [0.2, 0.25) is 0 Å². The molecule has 2 aromatic rings. The SMILES string of the molecule is COc1ccccc1C(CNc1ccc(C#N)c(C(F)(F)F)c1)N(C)C. The number of benzene rings is 2. The molecule has 2 aromatic carbocycles. The standard InChI is InChI=1S/C19H20F3N3O/c1-25(2)17(15-6-4-5-7-18(15)26-3)12-24-14-9-8-13(11-23)16(10-14)19(20,21)22/h4-10,17,24H,12H2,1-3H3. The fourth-order valence-corrected chi connectivity index (χ4v) is 2.71. The minimum atomic E-state index is -4.58. The van der Waals surface area contributed by atoms with Gasteiger partial charge in [0.1, 0.15) is 5.75 Å². The molecular weight excluding hydrogens is 343 g/mol. The van der Waals surface area contributed by atoms with Crippen LogP contribution in [0.1, 0.15) is 22.7 Å². The van der Waals surface area contributed by atoms with Gasteiger partial charge in [0.05, 0.1) is 30.3 Å². The molecule has 1 N–H and O–H groups in total. The van der Waals surface area contributed by atoms with Gasteiger partial charge >= 0.3 is 6.18 Å². The van der Waals surface area contributed by atoms with Gasteiger partial charge in [-0.25, -0.2) is 0 Å². The molecular formula is C19H20F3N3O. The van der Waals surface area contributed by atoms with E-state index in [4.69, 9.17) is 10.00 Å². The van der Waals surface area contributed by atoms with Gasteiger partial charge in [0.25, 0.3) is 0 Å². The Morgan fingerprint density at radius 2 is 1.88 bits per heavy atom. The Labute approximate surface area is 150 Å². The van der Waals surface area contributed by atoms with Crippen LogP contribution < -0.4 is 10.1 Å². The first kappa shape index (κ1) is 19.6. The fraction of sp³-hybridized carbons (Fsp3) is 0.316. The van der Waals surface area contributed by atoms with E-state index in [-0.39, 0.29) is 6.04 Å². The Bertz CT molecular complexity index is 797. The number of likely N-dealkylation sites (N-methyl/N-ethyl adjacent to an activating group) is 1. The van der Waals surface area contributed by atoms with Gasteiger partial charge in [0.2, 0.25) is 0 Å². The third kappa shape index (κ3) is 4.46. The van der Waals surface area contributed by atoms with E-state index in [1.807, 2.05) is 43.3 Å². The summed E-state index contributed by atoms with van der Waals surface area (Å²) in [6.07, 6.45) is -4.58. The Hall–Kier alpha value is -2.72. The van der Waals surface area contributed by atoms with Gasteiger partial charge in [0.15, 0.2) is 0 Å². The lowest BCUT2D eigenvalue weighted by Crippen LogP contribution is -2.27. The summed E-state index contributed by atoms with van der Waals surface area (Å²) in [5, 5.41) is 11.9. The van der Waals surface area contributed by atoms with E-state index in [9.17, 15) is 13.2 Å². The quantitative estimate of drug-likeness (QED) is 0.831. The molecule has 0 fully saturated rings. The molecule has 0 radical (unpaired) electrons. The summed E-state index contributed by atoms with van der Waals surface area (Å²) in [7, 11) is 5.35. The fourth-order valence-electron chi connectivity index (χ4n) is 2.71. The summed E-state index contributed by atoms with van der Waals surface area (Å²) in [4.78, 5) is 1.96. The summed E-state index contributed by atoms with van der Waals surface area (Å²) in [6.45, 7) is 0.372. The summed E-state index contributed by atoms with van der Waals surface area (Å²) in [5.74, 6) is 0.712. The van der Waals surface area contributed by atoms with E-state index < -0.39 is 17.3 Å². The molecule has 7 heteroatoms. The molecule has 0 aliphatic carbocycles. The van der Waals surface area contributed by atoms with Crippen LogP contribution in [-0.4, -0.2) is 32.6 Å². The Kier molecular flexibility index (Phi) is 6.11. The highest BCUT2D eigenvalue weighted by Crippen LogP contribution is 2.34. The zero-order chi connectivity index (χ0) is 19.3. The monoisotopic (exact) mass is 363 g/mol. The van der Waals surface area contributed by atoms with Crippen molar-refractivity contribution in [3.05, 3.63) is 59.2 Å². The van der Waals surface area contributed by atoms with E-state index in [1.165, 1.54) is 12.1 Å².